The lowest BCUT2D eigenvalue weighted by atomic mass is 10.1. The molecule has 0 bridgehead atoms. The molecule has 0 heterocycles. The molecule has 0 spiro atoms. The Morgan fingerprint density at radius 1 is 1.06 bits per heavy atom. The molecule has 0 aliphatic rings. The fourth-order valence-corrected chi connectivity index (χ4v) is 2.00. The van der Waals surface area contributed by atoms with Crippen LogP contribution in [-0.4, -0.2) is 16.9 Å². The topological polar surface area (TPSA) is 57.6 Å². The number of amides is 2. The first-order chi connectivity index (χ1) is 8.50. The van der Waals surface area contributed by atoms with Crippen LogP contribution in [0.25, 0.3) is 10.8 Å². The molecule has 0 aliphatic heterocycles. The summed E-state index contributed by atoms with van der Waals surface area (Å²) in [5.41, 5.74) is 0.489. The molecule has 0 aliphatic carbocycles. The van der Waals surface area contributed by atoms with Crippen LogP contribution in [0.1, 0.15) is 13.8 Å². The Labute approximate surface area is 104 Å². The summed E-state index contributed by atoms with van der Waals surface area (Å²) in [6, 6.07) is 10.2. The van der Waals surface area contributed by atoms with Gasteiger partial charge in [-0.3, -0.25) is 14.5 Å². The number of benzene rings is 2. The molecule has 0 unspecified atom stereocenters. The second-order valence-electron chi connectivity index (χ2n) is 4.06. The average molecular weight is 243 g/mol. The normalized spacial score (nSPS) is 10.3. The van der Waals surface area contributed by atoms with E-state index < -0.39 is 0 Å². The van der Waals surface area contributed by atoms with Crippen LogP contribution in [0.15, 0.2) is 36.4 Å². The lowest BCUT2D eigenvalue weighted by Gasteiger charge is -2.19. The Bertz CT molecular complexity index is 620. The van der Waals surface area contributed by atoms with Crippen molar-refractivity contribution < 1.29 is 14.7 Å². The second-order valence-corrected chi connectivity index (χ2v) is 4.06. The van der Waals surface area contributed by atoms with Crippen molar-refractivity contribution in [1.82, 2.24) is 0 Å². The Balaban J connectivity index is 2.73. The van der Waals surface area contributed by atoms with Crippen molar-refractivity contribution in [2.45, 2.75) is 13.8 Å². The minimum absolute atomic E-state index is 0.0991. The highest BCUT2D eigenvalue weighted by Crippen LogP contribution is 2.29. The molecule has 0 fully saturated rings. The molecule has 2 aromatic carbocycles. The number of hydrogen-bond acceptors (Lipinski definition) is 3. The number of fused-ring (bicyclic) bond motifs is 1. The number of phenols is 1. The van der Waals surface area contributed by atoms with Crippen molar-refractivity contribution in [2.75, 3.05) is 4.90 Å². The molecule has 0 radical (unpaired) electrons. The third kappa shape index (κ3) is 2.05. The van der Waals surface area contributed by atoms with E-state index in [0.717, 1.165) is 10.3 Å². The number of carbonyl (C=O) groups excluding carboxylic acids is 2. The quantitative estimate of drug-likeness (QED) is 0.836. The predicted octanol–water partition coefficient (Wildman–Crippen LogP) is 2.44. The van der Waals surface area contributed by atoms with E-state index in [1.165, 1.54) is 13.8 Å². The number of rotatable bonds is 1. The van der Waals surface area contributed by atoms with E-state index in [0.29, 0.717) is 11.1 Å². The van der Waals surface area contributed by atoms with E-state index in [9.17, 15) is 14.7 Å². The number of anilines is 1. The van der Waals surface area contributed by atoms with E-state index in [4.69, 9.17) is 0 Å². The molecular formula is C14H13NO3. The fraction of sp³-hybridized carbons (Fsp3) is 0.143. The zero-order valence-electron chi connectivity index (χ0n) is 10.2. The first-order valence-electron chi connectivity index (χ1n) is 5.53. The van der Waals surface area contributed by atoms with Gasteiger partial charge in [-0.2, -0.15) is 0 Å². The van der Waals surface area contributed by atoms with Crippen LogP contribution in [0.2, 0.25) is 0 Å². The van der Waals surface area contributed by atoms with Crippen LogP contribution >= 0.6 is 0 Å². The lowest BCUT2D eigenvalue weighted by Crippen LogP contribution is -2.33. The number of carbonyl (C=O) groups is 2. The van der Waals surface area contributed by atoms with Gasteiger partial charge in [0.05, 0.1) is 5.69 Å². The minimum atomic E-state index is -0.349. The minimum Gasteiger partial charge on any atom is -0.508 e. The molecule has 4 nitrogen and oxygen atoms in total. The molecule has 18 heavy (non-hydrogen) atoms. The molecule has 4 heteroatoms. The van der Waals surface area contributed by atoms with Crippen molar-refractivity contribution in [1.29, 1.82) is 0 Å². The zero-order chi connectivity index (χ0) is 13.3. The highest BCUT2D eigenvalue weighted by molar-refractivity contribution is 6.17. The maximum absolute atomic E-state index is 11.6. The van der Waals surface area contributed by atoms with E-state index in [-0.39, 0.29) is 17.6 Å². The van der Waals surface area contributed by atoms with Gasteiger partial charge in [-0.1, -0.05) is 18.2 Å². The van der Waals surface area contributed by atoms with E-state index in [2.05, 4.69) is 0 Å². The third-order valence-electron chi connectivity index (χ3n) is 2.71. The van der Waals surface area contributed by atoms with Gasteiger partial charge in [-0.25, -0.2) is 0 Å². The zero-order valence-corrected chi connectivity index (χ0v) is 10.2. The first-order valence-corrected chi connectivity index (χ1v) is 5.53. The van der Waals surface area contributed by atoms with Crippen molar-refractivity contribution in [2.24, 2.45) is 0 Å². The SMILES string of the molecule is CC(=O)N(C(C)=O)c1cccc2ccc(O)cc12. The number of nitrogens with zero attached hydrogens (tertiary/aromatic N) is 1. The number of aromatic hydroxyl groups is 1. The summed E-state index contributed by atoms with van der Waals surface area (Å²) in [5.74, 6) is -0.598. The summed E-state index contributed by atoms with van der Waals surface area (Å²) in [6.45, 7) is 2.67. The average Bonchev–Trinajstić information content (AvgIpc) is 2.29. The highest BCUT2D eigenvalue weighted by Gasteiger charge is 2.18. The molecule has 2 rings (SSSR count). The van der Waals surface area contributed by atoms with Crippen LogP contribution in [0.3, 0.4) is 0 Å². The summed E-state index contributed by atoms with van der Waals surface area (Å²) in [4.78, 5) is 24.2. The largest absolute Gasteiger partial charge is 0.508 e. The number of imide groups is 1. The third-order valence-corrected chi connectivity index (χ3v) is 2.71. The highest BCUT2D eigenvalue weighted by atomic mass is 16.3. The molecule has 0 aromatic heterocycles. The summed E-state index contributed by atoms with van der Waals surface area (Å²) >= 11 is 0. The molecule has 0 saturated heterocycles. The molecule has 92 valence electrons. The summed E-state index contributed by atoms with van der Waals surface area (Å²) in [6.07, 6.45) is 0. The molecule has 2 amide bonds. The van der Waals surface area contributed by atoms with Gasteiger partial charge in [0.2, 0.25) is 11.8 Å². The van der Waals surface area contributed by atoms with Gasteiger partial charge >= 0.3 is 0 Å². The Hall–Kier alpha value is -2.36. The van der Waals surface area contributed by atoms with Crippen molar-refractivity contribution in [3.05, 3.63) is 36.4 Å². The summed E-state index contributed by atoms with van der Waals surface area (Å²) in [7, 11) is 0. The fourth-order valence-electron chi connectivity index (χ4n) is 2.00. The number of hydrogen-bond donors (Lipinski definition) is 1. The van der Waals surface area contributed by atoms with E-state index >= 15 is 0 Å². The maximum Gasteiger partial charge on any atom is 0.230 e. The lowest BCUT2D eigenvalue weighted by molar-refractivity contribution is -0.124. The van der Waals surface area contributed by atoms with Gasteiger partial charge in [0, 0.05) is 19.2 Å². The Morgan fingerprint density at radius 3 is 2.33 bits per heavy atom. The monoisotopic (exact) mass is 243 g/mol. The Morgan fingerprint density at radius 2 is 1.72 bits per heavy atom. The van der Waals surface area contributed by atoms with Gasteiger partial charge in [-0.05, 0) is 23.6 Å². The van der Waals surface area contributed by atoms with E-state index in [1.807, 2.05) is 6.07 Å². The van der Waals surface area contributed by atoms with Crippen LogP contribution in [0.5, 0.6) is 5.75 Å². The molecule has 0 saturated carbocycles. The van der Waals surface area contributed by atoms with Crippen LogP contribution < -0.4 is 4.90 Å². The van der Waals surface area contributed by atoms with Crippen LogP contribution in [-0.2, 0) is 9.59 Å². The van der Waals surface area contributed by atoms with Crippen molar-refractivity contribution >= 4 is 28.3 Å². The molecule has 2 aromatic rings. The molecule has 1 N–H and O–H groups in total. The summed E-state index contributed by atoms with van der Waals surface area (Å²) < 4.78 is 0. The van der Waals surface area contributed by atoms with Gasteiger partial charge in [0.1, 0.15) is 5.75 Å². The van der Waals surface area contributed by atoms with Gasteiger partial charge in [0.15, 0.2) is 0 Å². The van der Waals surface area contributed by atoms with Crippen LogP contribution in [0.4, 0.5) is 5.69 Å². The van der Waals surface area contributed by atoms with E-state index in [1.54, 1.807) is 30.3 Å². The van der Waals surface area contributed by atoms with Crippen molar-refractivity contribution in [3.63, 3.8) is 0 Å². The molecular weight excluding hydrogens is 230 g/mol. The predicted molar refractivity (Wildman–Crippen MR) is 69.5 cm³/mol. The standard InChI is InChI=1S/C14H13NO3/c1-9(16)15(10(2)17)14-5-3-4-11-6-7-12(18)8-13(11)14/h3-8,18H,1-2H3. The summed E-state index contributed by atoms with van der Waals surface area (Å²) in [5, 5.41) is 11.1. The van der Waals surface area contributed by atoms with Crippen molar-refractivity contribution in [3.8, 4) is 5.75 Å². The van der Waals surface area contributed by atoms with Gasteiger partial charge < -0.3 is 5.11 Å². The smallest absolute Gasteiger partial charge is 0.230 e. The number of phenolic OH excluding ortho intramolecular Hbond substituents is 1. The van der Waals surface area contributed by atoms with Gasteiger partial charge in [-0.15, -0.1) is 0 Å². The maximum atomic E-state index is 11.6. The van der Waals surface area contributed by atoms with Gasteiger partial charge in [0.25, 0.3) is 0 Å². The second kappa shape index (κ2) is 4.49. The molecule has 0 atom stereocenters. The van der Waals surface area contributed by atoms with Crippen LogP contribution in [0, 0.1) is 0 Å². The Kier molecular flexibility index (Phi) is 3.02. The first kappa shape index (κ1) is 12.1.